The van der Waals surface area contributed by atoms with Crippen LogP contribution in [-0.2, 0) is 20.0 Å². The predicted octanol–water partition coefficient (Wildman–Crippen LogP) is 3.63. The van der Waals surface area contributed by atoms with E-state index in [4.69, 9.17) is 4.98 Å². The Hall–Kier alpha value is -2.14. The van der Waals surface area contributed by atoms with E-state index in [1.165, 1.54) is 43.5 Å². The minimum Gasteiger partial charge on any atom is -0.342 e. The molecule has 2 fully saturated rings. The Labute approximate surface area is 154 Å². The molecule has 0 unspecified atom stereocenters. The lowest BCUT2D eigenvalue weighted by Gasteiger charge is -2.32. The van der Waals surface area contributed by atoms with E-state index in [-0.39, 0.29) is 0 Å². The first-order valence-electron chi connectivity index (χ1n) is 9.93. The Morgan fingerprint density at radius 2 is 2.08 bits per heavy atom. The number of hydrogen-bond acceptors (Lipinski definition) is 3. The van der Waals surface area contributed by atoms with Crippen LogP contribution < -0.4 is 0 Å². The molecule has 1 saturated carbocycles. The molecule has 2 aliphatic rings. The summed E-state index contributed by atoms with van der Waals surface area (Å²) < 4.78 is 2.10. The highest BCUT2D eigenvalue weighted by Gasteiger charge is 2.30. The van der Waals surface area contributed by atoms with E-state index in [0.29, 0.717) is 5.92 Å². The zero-order valence-electron chi connectivity index (χ0n) is 15.5. The standard InChI is InChI=1S/C21H27N5/c1-25-21(16-8-9-16)17(12-22-25)14-26-10-4-5-15(13-26)11-20-23-18-6-2-3-7-19(18)24-20/h2-3,6-7,12,15-16H,4-5,8-11,13-14H2,1H3,(H,23,24)/t15-/m1/s1. The fourth-order valence-corrected chi connectivity index (χ4v) is 4.58. The second-order valence-corrected chi connectivity index (χ2v) is 8.10. The maximum atomic E-state index is 4.78. The molecule has 0 amide bonds. The number of benzene rings is 1. The van der Waals surface area contributed by atoms with E-state index in [9.17, 15) is 0 Å². The highest BCUT2D eigenvalue weighted by Crippen LogP contribution is 2.41. The highest BCUT2D eigenvalue weighted by atomic mass is 15.3. The summed E-state index contributed by atoms with van der Waals surface area (Å²) in [7, 11) is 2.09. The Morgan fingerprint density at radius 3 is 2.92 bits per heavy atom. The van der Waals surface area contributed by atoms with Gasteiger partial charge >= 0.3 is 0 Å². The number of piperidine rings is 1. The van der Waals surface area contributed by atoms with Crippen molar-refractivity contribution in [1.29, 1.82) is 0 Å². The number of aromatic nitrogens is 4. The SMILES string of the molecule is Cn1ncc(CN2CCC[C@H](Cc3nc4ccccc4[nH]3)C2)c1C1CC1. The lowest BCUT2D eigenvalue weighted by Crippen LogP contribution is -2.36. The van der Waals surface area contributed by atoms with Gasteiger partial charge in [-0.2, -0.15) is 5.10 Å². The quantitative estimate of drug-likeness (QED) is 0.765. The maximum Gasteiger partial charge on any atom is 0.107 e. The molecular formula is C21H27N5. The number of para-hydroxylation sites is 2. The summed E-state index contributed by atoms with van der Waals surface area (Å²) in [6.07, 6.45) is 8.40. The van der Waals surface area contributed by atoms with Gasteiger partial charge in [0, 0.05) is 43.7 Å². The van der Waals surface area contributed by atoms with Crippen LogP contribution in [0.4, 0.5) is 0 Å². The van der Waals surface area contributed by atoms with Gasteiger partial charge in [-0.1, -0.05) is 12.1 Å². The first kappa shape index (κ1) is 16.1. The van der Waals surface area contributed by atoms with Gasteiger partial charge in [-0.3, -0.25) is 9.58 Å². The van der Waals surface area contributed by atoms with Gasteiger partial charge in [-0.05, 0) is 50.3 Å². The summed E-state index contributed by atoms with van der Waals surface area (Å²) in [5.74, 6) is 2.58. The van der Waals surface area contributed by atoms with Gasteiger partial charge in [0.05, 0.1) is 17.2 Å². The summed E-state index contributed by atoms with van der Waals surface area (Å²) in [4.78, 5) is 10.9. The number of H-pyrrole nitrogens is 1. The largest absolute Gasteiger partial charge is 0.342 e. The predicted molar refractivity (Wildman–Crippen MR) is 103 cm³/mol. The highest BCUT2D eigenvalue weighted by molar-refractivity contribution is 5.74. The normalized spacial score (nSPS) is 21.5. The number of likely N-dealkylation sites (tertiary alicyclic amines) is 1. The number of rotatable bonds is 5. The Morgan fingerprint density at radius 1 is 1.19 bits per heavy atom. The molecule has 1 aliphatic heterocycles. The molecule has 1 atom stereocenters. The van der Waals surface area contributed by atoms with Gasteiger partial charge in [0.15, 0.2) is 0 Å². The summed E-state index contributed by atoms with van der Waals surface area (Å²) in [6, 6.07) is 8.32. The third kappa shape index (κ3) is 3.16. The van der Waals surface area contributed by atoms with E-state index < -0.39 is 0 Å². The van der Waals surface area contributed by atoms with Gasteiger partial charge in [0.1, 0.15) is 5.82 Å². The Bertz CT molecular complexity index is 871. The first-order valence-corrected chi connectivity index (χ1v) is 9.93. The van der Waals surface area contributed by atoms with Crippen LogP contribution in [0.5, 0.6) is 0 Å². The number of fused-ring (bicyclic) bond motifs is 1. The summed E-state index contributed by atoms with van der Waals surface area (Å²) in [6.45, 7) is 3.42. The molecule has 1 aromatic carbocycles. The molecule has 3 heterocycles. The zero-order chi connectivity index (χ0) is 17.5. The molecule has 1 saturated heterocycles. The molecule has 26 heavy (non-hydrogen) atoms. The average molecular weight is 349 g/mol. The molecule has 2 aromatic heterocycles. The maximum absolute atomic E-state index is 4.78. The number of aromatic amines is 1. The van der Waals surface area contributed by atoms with Crippen LogP contribution in [0.2, 0.25) is 0 Å². The van der Waals surface area contributed by atoms with Crippen LogP contribution in [0.3, 0.4) is 0 Å². The fourth-order valence-electron chi connectivity index (χ4n) is 4.58. The summed E-state index contributed by atoms with van der Waals surface area (Å²) in [5, 5.41) is 4.53. The van der Waals surface area contributed by atoms with Crippen molar-refractivity contribution in [2.45, 2.75) is 44.6 Å². The van der Waals surface area contributed by atoms with E-state index in [1.54, 1.807) is 0 Å². The average Bonchev–Trinajstić information content (AvgIpc) is 3.28. The van der Waals surface area contributed by atoms with Crippen LogP contribution in [0.1, 0.15) is 48.7 Å². The molecule has 5 heteroatoms. The van der Waals surface area contributed by atoms with Crippen molar-refractivity contribution in [3.8, 4) is 0 Å². The number of nitrogens with one attached hydrogen (secondary N) is 1. The molecule has 1 aliphatic carbocycles. The lowest BCUT2D eigenvalue weighted by atomic mass is 9.94. The van der Waals surface area contributed by atoms with Gasteiger partial charge in [0.25, 0.3) is 0 Å². The summed E-state index contributed by atoms with van der Waals surface area (Å²) >= 11 is 0. The van der Waals surface area contributed by atoms with Crippen LogP contribution in [0, 0.1) is 5.92 Å². The van der Waals surface area contributed by atoms with Crippen LogP contribution in [-0.4, -0.2) is 37.7 Å². The van der Waals surface area contributed by atoms with Crippen molar-refractivity contribution in [1.82, 2.24) is 24.6 Å². The molecule has 5 nitrogen and oxygen atoms in total. The second-order valence-electron chi connectivity index (χ2n) is 8.10. The van der Waals surface area contributed by atoms with Gasteiger partial charge in [-0.25, -0.2) is 4.98 Å². The van der Waals surface area contributed by atoms with Gasteiger partial charge in [0.2, 0.25) is 0 Å². The third-order valence-electron chi connectivity index (χ3n) is 5.95. The lowest BCUT2D eigenvalue weighted by molar-refractivity contribution is 0.165. The number of nitrogens with zero attached hydrogens (tertiary/aromatic N) is 4. The van der Waals surface area contributed by atoms with E-state index in [1.807, 2.05) is 0 Å². The number of hydrogen-bond donors (Lipinski definition) is 1. The zero-order valence-corrected chi connectivity index (χ0v) is 15.5. The van der Waals surface area contributed by atoms with Crippen LogP contribution >= 0.6 is 0 Å². The van der Waals surface area contributed by atoms with Crippen molar-refractivity contribution < 1.29 is 0 Å². The molecule has 0 spiro atoms. The Kier molecular flexibility index (Phi) is 4.04. The van der Waals surface area contributed by atoms with Crippen molar-refractivity contribution in [3.05, 3.63) is 47.5 Å². The van der Waals surface area contributed by atoms with E-state index in [2.05, 4.69) is 57.2 Å². The number of aryl methyl sites for hydroxylation is 1. The van der Waals surface area contributed by atoms with E-state index >= 15 is 0 Å². The first-order chi connectivity index (χ1) is 12.8. The summed E-state index contributed by atoms with van der Waals surface area (Å²) in [5.41, 5.74) is 5.16. The molecule has 0 bridgehead atoms. The molecule has 136 valence electrons. The Balaban J connectivity index is 1.26. The number of imidazole rings is 1. The van der Waals surface area contributed by atoms with E-state index in [0.717, 1.165) is 42.3 Å². The molecule has 3 aromatic rings. The smallest absolute Gasteiger partial charge is 0.107 e. The molecule has 1 N–H and O–H groups in total. The fraction of sp³-hybridized carbons (Fsp3) is 0.524. The van der Waals surface area contributed by atoms with Crippen LogP contribution in [0.25, 0.3) is 11.0 Å². The van der Waals surface area contributed by atoms with Crippen molar-refractivity contribution in [2.75, 3.05) is 13.1 Å². The molecular weight excluding hydrogens is 322 g/mol. The van der Waals surface area contributed by atoms with Crippen LogP contribution in [0.15, 0.2) is 30.5 Å². The minimum atomic E-state index is 0.686. The van der Waals surface area contributed by atoms with Gasteiger partial charge in [-0.15, -0.1) is 0 Å². The molecule has 0 radical (unpaired) electrons. The molecule has 5 rings (SSSR count). The topological polar surface area (TPSA) is 49.7 Å². The van der Waals surface area contributed by atoms with Crippen molar-refractivity contribution in [2.24, 2.45) is 13.0 Å². The minimum absolute atomic E-state index is 0.686. The van der Waals surface area contributed by atoms with Crippen molar-refractivity contribution >= 4 is 11.0 Å². The monoisotopic (exact) mass is 349 g/mol. The second kappa shape index (κ2) is 6.54. The van der Waals surface area contributed by atoms with Crippen molar-refractivity contribution in [3.63, 3.8) is 0 Å². The third-order valence-corrected chi connectivity index (χ3v) is 5.95. The van der Waals surface area contributed by atoms with Gasteiger partial charge < -0.3 is 4.98 Å².